The van der Waals surface area contributed by atoms with Gasteiger partial charge in [-0.05, 0) is 0 Å². The molecule has 0 fully saturated rings. The molecule has 0 heterocycles. The molecule has 15 nitrogen and oxygen atoms in total. The molecule has 0 saturated heterocycles. The smallest absolute Gasteiger partial charge is 0.140 e. The fraction of sp³-hybridized carbons (Fsp3) is 0.917. The third kappa shape index (κ3) is 43.0. The van der Waals surface area contributed by atoms with Crippen molar-refractivity contribution in [1.29, 1.82) is 0 Å². The molecule has 0 rings (SSSR count). The largest absolute Gasteiger partial charge is 0.379 e. The highest BCUT2D eigenvalue weighted by Crippen LogP contribution is 2.16. The fourth-order valence-corrected chi connectivity index (χ4v) is 3.53. The molecule has 0 aliphatic rings. The van der Waals surface area contributed by atoms with Crippen LogP contribution in [0.4, 0.5) is 0 Å². The van der Waals surface area contributed by atoms with Crippen LogP contribution in [0.1, 0.15) is 27.2 Å². The molecule has 0 aromatic carbocycles. The predicted octanol–water partition coefficient (Wildman–Crippen LogP) is 1.86. The lowest BCUT2D eigenvalue weighted by Crippen LogP contribution is -2.22. The topological polar surface area (TPSA) is 146 Å². The third-order valence-electron chi connectivity index (χ3n) is 6.33. The minimum Gasteiger partial charge on any atom is -0.379 e. The van der Waals surface area contributed by atoms with Crippen LogP contribution in [-0.4, -0.2) is 191 Å². The van der Waals surface area contributed by atoms with Crippen LogP contribution in [0.5, 0.6) is 0 Å². The Morgan fingerprint density at radius 2 is 0.529 bits per heavy atom. The molecule has 0 radical (unpaired) electrons. The minimum atomic E-state index is -0.317. The van der Waals surface area contributed by atoms with Gasteiger partial charge in [0.25, 0.3) is 0 Å². The average Bonchev–Trinajstić information content (AvgIpc) is 3.11. The maximum atomic E-state index is 11.8. The lowest BCUT2D eigenvalue weighted by Gasteiger charge is -2.16. The molecule has 0 aliphatic heterocycles. The van der Waals surface area contributed by atoms with Crippen molar-refractivity contribution in [1.82, 2.24) is 0 Å². The van der Waals surface area contributed by atoms with E-state index in [-0.39, 0.29) is 11.2 Å². The van der Waals surface area contributed by atoms with Crippen LogP contribution in [0.25, 0.3) is 0 Å². The van der Waals surface area contributed by atoms with Gasteiger partial charge < -0.3 is 66.3 Å². The van der Waals surface area contributed by atoms with Crippen LogP contribution in [-0.2, 0) is 71.1 Å². The lowest BCUT2D eigenvalue weighted by molar-refractivity contribution is -0.127. The summed E-state index contributed by atoms with van der Waals surface area (Å²) >= 11 is 0. The van der Waals surface area contributed by atoms with Gasteiger partial charge in [-0.15, -0.1) is 6.42 Å². The summed E-state index contributed by atoms with van der Waals surface area (Å²) in [4.78, 5) is 11.8. The Morgan fingerprint density at radius 3 is 0.706 bits per heavy atom. The summed E-state index contributed by atoms with van der Waals surface area (Å²) in [6, 6.07) is 0. The highest BCUT2D eigenvalue weighted by molar-refractivity contribution is 5.83. The van der Waals surface area contributed by atoms with E-state index >= 15 is 0 Å². The van der Waals surface area contributed by atoms with Gasteiger partial charge >= 0.3 is 0 Å². The van der Waals surface area contributed by atoms with E-state index < -0.39 is 0 Å². The monoisotopic (exact) mass is 740 g/mol. The van der Waals surface area contributed by atoms with Crippen LogP contribution in [0.15, 0.2) is 0 Å². The van der Waals surface area contributed by atoms with Gasteiger partial charge in [0.1, 0.15) is 12.4 Å². The van der Waals surface area contributed by atoms with Crippen LogP contribution in [0.3, 0.4) is 0 Å². The zero-order chi connectivity index (χ0) is 37.2. The predicted molar refractivity (Wildman–Crippen MR) is 189 cm³/mol. The van der Waals surface area contributed by atoms with E-state index in [9.17, 15) is 4.79 Å². The van der Waals surface area contributed by atoms with Crippen LogP contribution in [0, 0.1) is 17.8 Å². The molecule has 0 N–H and O–H groups in total. The fourth-order valence-electron chi connectivity index (χ4n) is 3.53. The summed E-state index contributed by atoms with van der Waals surface area (Å²) < 4.78 is 76.0. The molecule has 302 valence electrons. The summed E-state index contributed by atoms with van der Waals surface area (Å²) in [5.41, 5.74) is -0.317. The lowest BCUT2D eigenvalue weighted by atomic mass is 9.89. The SMILES string of the molecule is C#CCOCCOCCOCCOCCOCCOCCOCCOCCOCCOCCOCCOCCOCCOCCC(=O)C(C)(C)C. The molecule has 0 atom stereocenters. The molecule has 0 saturated carbocycles. The second-order valence-corrected chi connectivity index (χ2v) is 11.6. The van der Waals surface area contributed by atoms with Crippen molar-refractivity contribution < 1.29 is 71.1 Å². The number of rotatable bonds is 43. The Labute approximate surface area is 306 Å². The van der Waals surface area contributed by atoms with Crippen LogP contribution >= 0.6 is 0 Å². The molecule has 15 heteroatoms. The molecule has 0 aromatic rings. The molecule has 0 unspecified atom stereocenters. The molecule has 0 amide bonds. The van der Waals surface area contributed by atoms with E-state index in [1.54, 1.807) is 0 Å². The number of hydrogen-bond acceptors (Lipinski definition) is 15. The summed E-state index contributed by atoms with van der Waals surface area (Å²) in [5.74, 6) is 2.60. The number of hydrogen-bond donors (Lipinski definition) is 0. The zero-order valence-electron chi connectivity index (χ0n) is 31.7. The number of Topliss-reactive ketones (excluding diaryl/α,β-unsaturated/α-hetero) is 1. The van der Waals surface area contributed by atoms with Gasteiger partial charge in [-0.2, -0.15) is 0 Å². The summed E-state index contributed by atoms with van der Waals surface area (Å²) in [6.07, 6.45) is 5.51. The van der Waals surface area contributed by atoms with E-state index in [0.29, 0.717) is 191 Å². The van der Waals surface area contributed by atoms with E-state index in [1.165, 1.54) is 0 Å². The number of ether oxygens (including phenoxy) is 14. The van der Waals surface area contributed by atoms with E-state index in [2.05, 4.69) is 5.92 Å². The molecular formula is C36H68O15. The van der Waals surface area contributed by atoms with E-state index in [4.69, 9.17) is 72.7 Å². The van der Waals surface area contributed by atoms with Gasteiger partial charge in [-0.1, -0.05) is 26.7 Å². The van der Waals surface area contributed by atoms with Gasteiger partial charge in [0.05, 0.1) is 178 Å². The first-order chi connectivity index (χ1) is 25.0. The number of terminal acetylenes is 1. The maximum Gasteiger partial charge on any atom is 0.140 e. The summed E-state index contributed by atoms with van der Waals surface area (Å²) in [6.45, 7) is 19.4. The van der Waals surface area contributed by atoms with Crippen molar-refractivity contribution in [2.45, 2.75) is 27.2 Å². The average molecular weight is 741 g/mol. The first-order valence-corrected chi connectivity index (χ1v) is 18.0. The molecule has 0 aromatic heterocycles. The van der Waals surface area contributed by atoms with Crippen molar-refractivity contribution in [3.63, 3.8) is 0 Å². The highest BCUT2D eigenvalue weighted by Gasteiger charge is 2.20. The second kappa shape index (κ2) is 41.4. The first-order valence-electron chi connectivity index (χ1n) is 18.0. The van der Waals surface area contributed by atoms with Gasteiger partial charge in [-0.25, -0.2) is 0 Å². The minimum absolute atomic E-state index is 0.200. The molecule has 51 heavy (non-hydrogen) atoms. The summed E-state index contributed by atoms with van der Waals surface area (Å²) in [5, 5.41) is 0. The van der Waals surface area contributed by atoms with Crippen molar-refractivity contribution in [2.24, 2.45) is 5.41 Å². The highest BCUT2D eigenvalue weighted by atomic mass is 16.6. The van der Waals surface area contributed by atoms with Crippen molar-refractivity contribution in [2.75, 3.05) is 185 Å². The van der Waals surface area contributed by atoms with Crippen LogP contribution in [0.2, 0.25) is 0 Å². The third-order valence-corrected chi connectivity index (χ3v) is 6.33. The zero-order valence-corrected chi connectivity index (χ0v) is 31.7. The Balaban J connectivity index is 3.09. The molecular weight excluding hydrogens is 672 g/mol. The molecule has 0 bridgehead atoms. The van der Waals surface area contributed by atoms with Crippen molar-refractivity contribution in [3.05, 3.63) is 0 Å². The number of carbonyl (C=O) groups is 1. The Bertz CT molecular complexity index is 745. The standard InChI is InChI=1S/C36H68O15/c1-5-7-38-9-11-40-13-15-42-17-19-44-21-23-46-25-27-48-29-31-50-33-34-51-32-30-49-28-26-47-24-22-45-20-18-43-16-14-41-12-10-39-8-6-35(37)36(2,3)4/h1H,6-34H2,2-4H3. The van der Waals surface area contributed by atoms with Crippen molar-refractivity contribution in [3.8, 4) is 12.3 Å². The number of carbonyl (C=O) groups excluding carboxylic acids is 1. The van der Waals surface area contributed by atoms with Crippen LogP contribution < -0.4 is 0 Å². The van der Waals surface area contributed by atoms with E-state index in [0.717, 1.165) is 0 Å². The van der Waals surface area contributed by atoms with Gasteiger partial charge in [0.2, 0.25) is 0 Å². The van der Waals surface area contributed by atoms with Gasteiger partial charge in [-0.3, -0.25) is 4.79 Å². The van der Waals surface area contributed by atoms with Crippen molar-refractivity contribution >= 4 is 5.78 Å². The van der Waals surface area contributed by atoms with Gasteiger partial charge in [0.15, 0.2) is 0 Å². The molecule has 0 aliphatic carbocycles. The van der Waals surface area contributed by atoms with Gasteiger partial charge in [0, 0.05) is 11.8 Å². The Morgan fingerprint density at radius 1 is 0.353 bits per heavy atom. The number of ketones is 1. The first kappa shape index (κ1) is 49.7. The second-order valence-electron chi connectivity index (χ2n) is 11.6. The van der Waals surface area contributed by atoms with E-state index in [1.807, 2.05) is 20.8 Å². The molecule has 0 spiro atoms. The maximum absolute atomic E-state index is 11.8. The Kier molecular flexibility index (Phi) is 40.3. The summed E-state index contributed by atoms with van der Waals surface area (Å²) in [7, 11) is 0. The quantitative estimate of drug-likeness (QED) is 0.0662. The Hall–Kier alpha value is -1.33. The normalized spacial score (nSPS) is 11.7.